The molecule has 0 atom stereocenters. The molecule has 1 aromatic carbocycles. The summed E-state index contributed by atoms with van der Waals surface area (Å²) in [5.74, 6) is -0.995. The van der Waals surface area contributed by atoms with Gasteiger partial charge in [0.2, 0.25) is 0 Å². The minimum Gasteiger partial charge on any atom is -0.481 e. The highest BCUT2D eigenvalue weighted by Crippen LogP contribution is 2.35. The van der Waals surface area contributed by atoms with E-state index in [4.69, 9.17) is 5.11 Å². The number of aliphatic carboxylic acids is 1. The van der Waals surface area contributed by atoms with Crippen molar-refractivity contribution in [1.82, 2.24) is 4.98 Å². The van der Waals surface area contributed by atoms with E-state index in [-0.39, 0.29) is 12.3 Å². The Bertz CT molecular complexity index is 836. The van der Waals surface area contributed by atoms with Crippen LogP contribution in [0.5, 0.6) is 0 Å². The van der Waals surface area contributed by atoms with Crippen LogP contribution in [0.15, 0.2) is 28.7 Å². The first kappa shape index (κ1) is 15.6. The molecule has 2 heterocycles. The van der Waals surface area contributed by atoms with E-state index >= 15 is 0 Å². The van der Waals surface area contributed by atoms with Gasteiger partial charge in [0.1, 0.15) is 0 Å². The fraction of sp³-hybridized carbons (Fsp3) is 0.176. The van der Waals surface area contributed by atoms with Crippen LogP contribution >= 0.6 is 15.9 Å². The van der Waals surface area contributed by atoms with Crippen molar-refractivity contribution in [3.63, 3.8) is 0 Å². The van der Waals surface area contributed by atoms with Crippen LogP contribution in [0.2, 0.25) is 0 Å². The summed E-state index contributed by atoms with van der Waals surface area (Å²) in [6.07, 6.45) is 2.27. The number of aromatic nitrogens is 1. The first-order valence-electron chi connectivity index (χ1n) is 7.17. The van der Waals surface area contributed by atoms with Gasteiger partial charge in [-0.05, 0) is 49.2 Å². The number of anilines is 1. The van der Waals surface area contributed by atoms with E-state index in [0.29, 0.717) is 12.0 Å². The number of carboxylic acids is 1. The van der Waals surface area contributed by atoms with Gasteiger partial charge in [-0.15, -0.1) is 0 Å². The predicted molar refractivity (Wildman–Crippen MR) is 92.1 cm³/mol. The standard InChI is InChI=1S/C17H15BrN2O3/c1-9-6-10(2-5-16(21)22)15(19-9)8-13-12-7-11(18)3-4-14(12)20-17(13)23/h3-4,6-8,19H,2,5H2,1H3,(H,20,23)(H,21,22)/b13-8-. The molecule has 3 rings (SSSR count). The Kier molecular flexibility index (Phi) is 4.09. The van der Waals surface area contributed by atoms with Crippen LogP contribution in [0, 0.1) is 6.92 Å². The minimum absolute atomic E-state index is 0.0573. The van der Waals surface area contributed by atoms with Gasteiger partial charge in [-0.1, -0.05) is 15.9 Å². The molecular weight excluding hydrogens is 360 g/mol. The summed E-state index contributed by atoms with van der Waals surface area (Å²) in [7, 11) is 0. The molecule has 0 spiro atoms. The minimum atomic E-state index is -0.838. The zero-order valence-corrected chi connectivity index (χ0v) is 14.0. The second-order valence-corrected chi connectivity index (χ2v) is 6.40. The van der Waals surface area contributed by atoms with E-state index in [1.165, 1.54) is 0 Å². The lowest BCUT2D eigenvalue weighted by Crippen LogP contribution is -2.04. The number of aromatic amines is 1. The Morgan fingerprint density at radius 3 is 2.87 bits per heavy atom. The molecule has 23 heavy (non-hydrogen) atoms. The van der Waals surface area contributed by atoms with Crippen molar-refractivity contribution in [3.05, 3.63) is 51.3 Å². The lowest BCUT2D eigenvalue weighted by molar-refractivity contribution is -0.137. The van der Waals surface area contributed by atoms with Crippen molar-refractivity contribution in [2.24, 2.45) is 0 Å². The zero-order chi connectivity index (χ0) is 16.6. The molecule has 0 fully saturated rings. The summed E-state index contributed by atoms with van der Waals surface area (Å²) in [6, 6.07) is 7.54. The molecule has 118 valence electrons. The topological polar surface area (TPSA) is 82.2 Å². The summed E-state index contributed by atoms with van der Waals surface area (Å²) < 4.78 is 0.896. The normalized spacial score (nSPS) is 14.9. The Balaban J connectivity index is 2.01. The van der Waals surface area contributed by atoms with Gasteiger partial charge in [0.15, 0.2) is 0 Å². The van der Waals surface area contributed by atoms with Crippen molar-refractivity contribution in [3.8, 4) is 0 Å². The molecule has 6 heteroatoms. The van der Waals surface area contributed by atoms with Gasteiger partial charge in [-0.3, -0.25) is 9.59 Å². The number of H-pyrrole nitrogens is 1. The van der Waals surface area contributed by atoms with Gasteiger partial charge in [-0.2, -0.15) is 0 Å². The van der Waals surface area contributed by atoms with Gasteiger partial charge < -0.3 is 15.4 Å². The van der Waals surface area contributed by atoms with E-state index in [2.05, 4.69) is 26.2 Å². The molecule has 1 amide bonds. The molecular formula is C17H15BrN2O3. The van der Waals surface area contributed by atoms with Crippen molar-refractivity contribution in [2.45, 2.75) is 19.8 Å². The summed E-state index contributed by atoms with van der Waals surface area (Å²) in [4.78, 5) is 26.2. The van der Waals surface area contributed by atoms with E-state index < -0.39 is 5.97 Å². The number of hydrogen-bond acceptors (Lipinski definition) is 2. The first-order valence-corrected chi connectivity index (χ1v) is 7.96. The Hall–Kier alpha value is -2.34. The average Bonchev–Trinajstić information content (AvgIpc) is 2.98. The highest BCUT2D eigenvalue weighted by molar-refractivity contribution is 9.10. The van der Waals surface area contributed by atoms with Crippen LogP contribution in [0.25, 0.3) is 11.6 Å². The number of benzene rings is 1. The highest BCUT2D eigenvalue weighted by Gasteiger charge is 2.24. The van der Waals surface area contributed by atoms with Gasteiger partial charge in [0, 0.05) is 33.5 Å². The number of carboxylic acid groups (broad SMARTS) is 1. The Morgan fingerprint density at radius 1 is 1.35 bits per heavy atom. The molecule has 0 unspecified atom stereocenters. The molecule has 1 aromatic heterocycles. The molecule has 0 saturated heterocycles. The number of aryl methyl sites for hydroxylation is 2. The van der Waals surface area contributed by atoms with Gasteiger partial charge in [0.25, 0.3) is 5.91 Å². The quantitative estimate of drug-likeness (QED) is 0.715. The second-order valence-electron chi connectivity index (χ2n) is 5.49. The van der Waals surface area contributed by atoms with E-state index in [1.54, 1.807) is 6.08 Å². The average molecular weight is 375 g/mol. The van der Waals surface area contributed by atoms with Gasteiger partial charge in [-0.25, -0.2) is 0 Å². The number of nitrogens with one attached hydrogen (secondary N) is 2. The smallest absolute Gasteiger partial charge is 0.303 e. The van der Waals surface area contributed by atoms with E-state index in [1.807, 2.05) is 31.2 Å². The SMILES string of the molecule is Cc1cc(CCC(=O)O)c(/C=C2\C(=O)Nc3ccc(Br)cc32)[nH]1. The number of carbonyl (C=O) groups excluding carboxylic acids is 1. The van der Waals surface area contributed by atoms with Crippen molar-refractivity contribution in [2.75, 3.05) is 5.32 Å². The summed E-state index contributed by atoms with van der Waals surface area (Å²) in [5, 5.41) is 11.7. The molecule has 5 nitrogen and oxygen atoms in total. The van der Waals surface area contributed by atoms with Gasteiger partial charge >= 0.3 is 5.97 Å². The Morgan fingerprint density at radius 2 is 2.13 bits per heavy atom. The van der Waals surface area contributed by atoms with Crippen molar-refractivity contribution in [1.29, 1.82) is 0 Å². The molecule has 1 aliphatic rings. The lowest BCUT2D eigenvalue weighted by atomic mass is 10.0. The number of hydrogen-bond donors (Lipinski definition) is 3. The Labute approximate surface area is 141 Å². The molecule has 3 N–H and O–H groups in total. The van der Waals surface area contributed by atoms with E-state index in [9.17, 15) is 9.59 Å². The fourth-order valence-electron chi connectivity index (χ4n) is 2.69. The van der Waals surface area contributed by atoms with Gasteiger partial charge in [0.05, 0.1) is 5.57 Å². The van der Waals surface area contributed by atoms with Crippen LogP contribution in [0.3, 0.4) is 0 Å². The van der Waals surface area contributed by atoms with Crippen molar-refractivity contribution >= 4 is 45.1 Å². The second kappa shape index (κ2) is 6.04. The number of fused-ring (bicyclic) bond motifs is 1. The molecule has 1 aliphatic heterocycles. The maximum absolute atomic E-state index is 12.2. The van der Waals surface area contributed by atoms with Crippen LogP contribution in [0.4, 0.5) is 5.69 Å². The maximum Gasteiger partial charge on any atom is 0.303 e. The predicted octanol–water partition coefficient (Wildman–Crippen LogP) is 3.60. The third kappa shape index (κ3) is 3.22. The molecule has 0 saturated carbocycles. The summed E-state index contributed by atoms with van der Waals surface area (Å²) in [5.41, 5.74) is 4.79. The summed E-state index contributed by atoms with van der Waals surface area (Å²) >= 11 is 3.42. The van der Waals surface area contributed by atoms with Crippen molar-refractivity contribution < 1.29 is 14.7 Å². The highest BCUT2D eigenvalue weighted by atomic mass is 79.9. The maximum atomic E-state index is 12.2. The first-order chi connectivity index (χ1) is 10.9. The monoisotopic (exact) mass is 374 g/mol. The van der Waals surface area contributed by atoms with Crippen LogP contribution < -0.4 is 5.32 Å². The summed E-state index contributed by atoms with van der Waals surface area (Å²) in [6.45, 7) is 1.91. The third-order valence-electron chi connectivity index (χ3n) is 3.73. The zero-order valence-electron chi connectivity index (χ0n) is 12.4. The van der Waals surface area contributed by atoms with Crippen LogP contribution in [0.1, 0.15) is 28.9 Å². The largest absolute Gasteiger partial charge is 0.481 e. The molecule has 2 aromatic rings. The molecule has 0 radical (unpaired) electrons. The lowest BCUT2D eigenvalue weighted by Gasteiger charge is -2.01. The number of rotatable bonds is 4. The number of carbonyl (C=O) groups is 2. The number of amides is 1. The third-order valence-corrected chi connectivity index (χ3v) is 4.22. The molecule has 0 aliphatic carbocycles. The van der Waals surface area contributed by atoms with Crippen LogP contribution in [-0.4, -0.2) is 22.0 Å². The fourth-order valence-corrected chi connectivity index (χ4v) is 3.05. The van der Waals surface area contributed by atoms with Crippen LogP contribution in [-0.2, 0) is 16.0 Å². The van der Waals surface area contributed by atoms with E-state index in [0.717, 1.165) is 32.7 Å². The molecule has 0 bridgehead atoms. The number of halogens is 1.